The van der Waals surface area contributed by atoms with E-state index in [9.17, 15) is 4.79 Å². The van der Waals surface area contributed by atoms with Crippen LogP contribution in [0.3, 0.4) is 0 Å². The number of methoxy groups -OCH3 is 1. The van der Waals surface area contributed by atoms with Crippen LogP contribution in [0.25, 0.3) is 16.7 Å². The topological polar surface area (TPSA) is 69.0 Å². The van der Waals surface area contributed by atoms with Gasteiger partial charge in [-0.2, -0.15) is 4.80 Å². The van der Waals surface area contributed by atoms with Crippen molar-refractivity contribution < 1.29 is 9.53 Å². The first kappa shape index (κ1) is 16.8. The number of anilines is 1. The van der Waals surface area contributed by atoms with Crippen LogP contribution in [0.1, 0.15) is 15.9 Å². The summed E-state index contributed by atoms with van der Waals surface area (Å²) in [6, 6.07) is 20.4. The fourth-order valence-corrected chi connectivity index (χ4v) is 2.82. The number of hydrogen-bond donors (Lipinski definition) is 1. The van der Waals surface area contributed by atoms with E-state index in [2.05, 4.69) is 15.5 Å². The van der Waals surface area contributed by atoms with E-state index in [1.807, 2.05) is 61.5 Å². The van der Waals surface area contributed by atoms with Gasteiger partial charge in [0.25, 0.3) is 5.91 Å². The largest absolute Gasteiger partial charge is 0.497 e. The molecule has 0 radical (unpaired) electrons. The molecule has 6 nitrogen and oxygen atoms in total. The van der Waals surface area contributed by atoms with Crippen molar-refractivity contribution >= 4 is 22.6 Å². The van der Waals surface area contributed by atoms with E-state index in [4.69, 9.17) is 4.74 Å². The van der Waals surface area contributed by atoms with Gasteiger partial charge < -0.3 is 10.1 Å². The normalized spacial score (nSPS) is 10.7. The van der Waals surface area contributed by atoms with Gasteiger partial charge in [-0.25, -0.2) is 0 Å². The number of aryl methyl sites for hydroxylation is 1. The predicted octanol–water partition coefficient (Wildman–Crippen LogP) is 3.99. The van der Waals surface area contributed by atoms with Crippen LogP contribution in [0.15, 0.2) is 66.7 Å². The second-order valence-electron chi connectivity index (χ2n) is 6.16. The Morgan fingerprint density at radius 3 is 2.30 bits per heavy atom. The molecule has 1 amide bonds. The van der Waals surface area contributed by atoms with Crippen molar-refractivity contribution in [3.05, 3.63) is 77.9 Å². The van der Waals surface area contributed by atoms with Crippen LogP contribution < -0.4 is 10.1 Å². The summed E-state index contributed by atoms with van der Waals surface area (Å²) in [5, 5.41) is 12.0. The number of carbonyl (C=O) groups is 1. The minimum atomic E-state index is -0.152. The summed E-state index contributed by atoms with van der Waals surface area (Å²) in [6.45, 7) is 1.94. The van der Waals surface area contributed by atoms with Crippen molar-refractivity contribution in [1.82, 2.24) is 15.0 Å². The first-order chi connectivity index (χ1) is 13.1. The summed E-state index contributed by atoms with van der Waals surface area (Å²) >= 11 is 0. The Balaban J connectivity index is 1.65. The molecule has 0 fully saturated rings. The molecular weight excluding hydrogens is 340 g/mol. The number of nitrogens with zero attached hydrogens (tertiary/aromatic N) is 3. The van der Waals surface area contributed by atoms with Gasteiger partial charge in [-0.1, -0.05) is 18.2 Å². The molecule has 0 saturated carbocycles. The fraction of sp³-hybridized carbons (Fsp3) is 0.0952. The van der Waals surface area contributed by atoms with Gasteiger partial charge in [0.2, 0.25) is 0 Å². The summed E-state index contributed by atoms with van der Waals surface area (Å²) < 4.78 is 5.18. The predicted molar refractivity (Wildman–Crippen MR) is 105 cm³/mol. The number of fused-ring (bicyclic) bond motifs is 1. The van der Waals surface area contributed by atoms with E-state index in [1.54, 1.807) is 24.0 Å². The van der Waals surface area contributed by atoms with Crippen LogP contribution in [0.5, 0.6) is 5.75 Å². The van der Waals surface area contributed by atoms with Gasteiger partial charge in [0, 0.05) is 11.3 Å². The smallest absolute Gasteiger partial charge is 0.255 e. The quantitative estimate of drug-likeness (QED) is 0.599. The molecule has 134 valence electrons. The molecule has 0 aliphatic rings. The maximum absolute atomic E-state index is 12.4. The van der Waals surface area contributed by atoms with Crippen molar-refractivity contribution in [3.63, 3.8) is 0 Å². The van der Waals surface area contributed by atoms with Crippen LogP contribution in [-0.2, 0) is 0 Å². The molecule has 27 heavy (non-hydrogen) atoms. The summed E-state index contributed by atoms with van der Waals surface area (Å²) in [4.78, 5) is 14.0. The molecule has 0 bridgehead atoms. The highest BCUT2D eigenvalue weighted by atomic mass is 16.5. The zero-order valence-corrected chi connectivity index (χ0v) is 15.0. The van der Waals surface area contributed by atoms with Gasteiger partial charge in [-0.15, -0.1) is 10.2 Å². The van der Waals surface area contributed by atoms with E-state index < -0.39 is 0 Å². The molecular formula is C21H18N4O2. The molecule has 6 heteroatoms. The van der Waals surface area contributed by atoms with Crippen LogP contribution in [0.4, 0.5) is 5.69 Å². The summed E-state index contributed by atoms with van der Waals surface area (Å²) in [5.74, 6) is 0.623. The first-order valence-electron chi connectivity index (χ1n) is 8.52. The molecule has 0 unspecified atom stereocenters. The summed E-state index contributed by atoms with van der Waals surface area (Å²) in [5.41, 5.74) is 4.56. The number of aromatic nitrogens is 3. The summed E-state index contributed by atoms with van der Waals surface area (Å²) in [7, 11) is 1.63. The number of carbonyl (C=O) groups excluding carboxylic acids is 1. The lowest BCUT2D eigenvalue weighted by molar-refractivity contribution is 0.102. The molecule has 3 aromatic carbocycles. The third kappa shape index (κ3) is 3.37. The van der Waals surface area contributed by atoms with Crippen molar-refractivity contribution in [3.8, 4) is 11.4 Å². The molecule has 0 aliphatic carbocycles. The van der Waals surface area contributed by atoms with Crippen molar-refractivity contribution in [2.24, 2.45) is 0 Å². The Hall–Kier alpha value is -3.67. The first-order valence-corrected chi connectivity index (χ1v) is 8.52. The van der Waals surface area contributed by atoms with Crippen molar-refractivity contribution in [2.75, 3.05) is 12.4 Å². The Bertz CT molecular complexity index is 1100. The molecule has 0 atom stereocenters. The number of nitrogens with one attached hydrogen (secondary N) is 1. The van der Waals surface area contributed by atoms with Crippen LogP contribution >= 0.6 is 0 Å². The number of rotatable bonds is 4. The van der Waals surface area contributed by atoms with Gasteiger partial charge >= 0.3 is 0 Å². The Labute approximate surface area is 156 Å². The molecule has 0 saturated heterocycles. The lowest BCUT2D eigenvalue weighted by Gasteiger charge is -2.08. The Morgan fingerprint density at radius 2 is 1.63 bits per heavy atom. The van der Waals surface area contributed by atoms with Crippen LogP contribution in [0.2, 0.25) is 0 Å². The maximum Gasteiger partial charge on any atom is 0.255 e. The SMILES string of the molecule is COc1ccc(-n2nc3cc(C)c(NC(=O)c4ccccc4)cc3n2)cc1. The highest BCUT2D eigenvalue weighted by Gasteiger charge is 2.11. The van der Waals surface area contributed by atoms with E-state index in [0.29, 0.717) is 11.1 Å². The third-order valence-electron chi connectivity index (χ3n) is 4.31. The molecule has 0 aliphatic heterocycles. The Kier molecular flexibility index (Phi) is 4.30. The highest BCUT2D eigenvalue weighted by Crippen LogP contribution is 2.23. The number of amides is 1. The van der Waals surface area contributed by atoms with E-state index in [-0.39, 0.29) is 5.91 Å². The Morgan fingerprint density at radius 1 is 0.963 bits per heavy atom. The molecule has 1 heterocycles. The minimum Gasteiger partial charge on any atom is -0.497 e. The second kappa shape index (κ2) is 6.92. The molecule has 0 spiro atoms. The van der Waals surface area contributed by atoms with Gasteiger partial charge in [-0.05, 0) is 61.0 Å². The average molecular weight is 358 g/mol. The highest BCUT2D eigenvalue weighted by molar-refractivity contribution is 6.05. The van der Waals surface area contributed by atoms with E-state index in [1.165, 1.54) is 0 Å². The maximum atomic E-state index is 12.4. The van der Waals surface area contributed by atoms with Crippen LogP contribution in [-0.4, -0.2) is 28.0 Å². The monoisotopic (exact) mass is 358 g/mol. The zero-order chi connectivity index (χ0) is 18.8. The lowest BCUT2D eigenvalue weighted by atomic mass is 10.1. The van der Waals surface area contributed by atoms with Gasteiger partial charge in [-0.3, -0.25) is 4.79 Å². The molecule has 1 aromatic heterocycles. The fourth-order valence-electron chi connectivity index (χ4n) is 2.82. The van der Waals surface area contributed by atoms with Crippen LogP contribution in [0, 0.1) is 6.92 Å². The van der Waals surface area contributed by atoms with Gasteiger partial charge in [0.15, 0.2) is 0 Å². The molecule has 1 N–H and O–H groups in total. The minimum absolute atomic E-state index is 0.152. The number of benzene rings is 3. The molecule has 4 rings (SSSR count). The zero-order valence-electron chi connectivity index (χ0n) is 15.0. The van der Waals surface area contributed by atoms with Gasteiger partial charge in [0.05, 0.1) is 12.8 Å². The third-order valence-corrected chi connectivity index (χ3v) is 4.31. The van der Waals surface area contributed by atoms with Crippen molar-refractivity contribution in [1.29, 1.82) is 0 Å². The van der Waals surface area contributed by atoms with Gasteiger partial charge in [0.1, 0.15) is 16.8 Å². The number of ether oxygens (including phenoxy) is 1. The average Bonchev–Trinajstić information content (AvgIpc) is 3.11. The number of hydrogen-bond acceptors (Lipinski definition) is 4. The van der Waals surface area contributed by atoms with E-state index in [0.717, 1.165) is 28.2 Å². The van der Waals surface area contributed by atoms with Crippen molar-refractivity contribution in [2.45, 2.75) is 6.92 Å². The standard InChI is InChI=1S/C21H18N4O2/c1-14-12-19-20(13-18(14)22-21(26)15-6-4-3-5-7-15)24-25(23-19)16-8-10-17(27-2)11-9-16/h3-13H,1-2H3,(H,22,26). The lowest BCUT2D eigenvalue weighted by Crippen LogP contribution is -2.12. The molecule has 4 aromatic rings. The second-order valence-corrected chi connectivity index (χ2v) is 6.16. The van der Waals surface area contributed by atoms with E-state index >= 15 is 0 Å². The summed E-state index contributed by atoms with van der Waals surface area (Å²) in [6.07, 6.45) is 0.